The first kappa shape index (κ1) is 14.5. The Morgan fingerprint density at radius 2 is 2.13 bits per heavy atom. The summed E-state index contributed by atoms with van der Waals surface area (Å²) >= 11 is 0. The fraction of sp³-hybridized carbons (Fsp3) is 0.529. The molecule has 2 bridgehead atoms. The van der Waals surface area contributed by atoms with Crippen molar-refractivity contribution in [1.82, 2.24) is 20.0 Å². The van der Waals surface area contributed by atoms with Crippen molar-refractivity contribution < 1.29 is 9.53 Å². The zero-order valence-electron chi connectivity index (χ0n) is 13.6. The maximum Gasteiger partial charge on any atom is 0.272 e. The number of carbonyl (C=O) groups is 1. The van der Waals surface area contributed by atoms with E-state index >= 15 is 0 Å². The molecule has 3 aliphatic rings. The minimum atomic E-state index is -0.0809. The van der Waals surface area contributed by atoms with Gasteiger partial charge in [0.1, 0.15) is 5.75 Å². The topological polar surface area (TPSA) is 59.4 Å². The highest BCUT2D eigenvalue weighted by Gasteiger charge is 2.35. The lowest BCUT2D eigenvalue weighted by molar-refractivity contribution is 0.0618. The Kier molecular flexibility index (Phi) is 3.49. The highest BCUT2D eigenvalue weighted by molar-refractivity contribution is 6.05. The number of benzene rings is 1. The van der Waals surface area contributed by atoms with Crippen molar-refractivity contribution in [3.05, 3.63) is 23.9 Å². The van der Waals surface area contributed by atoms with Gasteiger partial charge in [0.25, 0.3) is 5.91 Å². The number of ether oxygens (including phenoxy) is 1. The molecule has 0 unspecified atom stereocenters. The van der Waals surface area contributed by atoms with E-state index in [-0.39, 0.29) is 11.9 Å². The molecule has 1 amide bonds. The number of aromatic nitrogens is 2. The van der Waals surface area contributed by atoms with Gasteiger partial charge in [0.15, 0.2) is 5.69 Å². The maximum atomic E-state index is 12.8. The average Bonchev–Trinajstić information content (AvgIpc) is 2.92. The summed E-state index contributed by atoms with van der Waals surface area (Å²) in [7, 11) is 3.49. The SMILES string of the molecule is COc1ccc2c(c1)c(C(=O)N[C@@H]1CN3CCC1CC3)nn2C. The van der Waals surface area contributed by atoms with Gasteiger partial charge >= 0.3 is 0 Å². The smallest absolute Gasteiger partial charge is 0.272 e. The van der Waals surface area contributed by atoms with Crippen LogP contribution < -0.4 is 10.1 Å². The third kappa shape index (κ3) is 2.47. The van der Waals surface area contributed by atoms with Crippen molar-refractivity contribution in [3.8, 4) is 5.75 Å². The zero-order valence-corrected chi connectivity index (χ0v) is 13.6. The molecule has 3 fully saturated rings. The van der Waals surface area contributed by atoms with Crippen molar-refractivity contribution in [2.24, 2.45) is 13.0 Å². The first-order chi connectivity index (χ1) is 11.2. The number of nitrogens with one attached hydrogen (secondary N) is 1. The maximum absolute atomic E-state index is 12.8. The third-order valence-electron chi connectivity index (χ3n) is 5.25. The van der Waals surface area contributed by atoms with Crippen LogP contribution in [0, 0.1) is 5.92 Å². The highest BCUT2D eigenvalue weighted by atomic mass is 16.5. The second-order valence-electron chi connectivity index (χ2n) is 6.57. The molecule has 0 radical (unpaired) electrons. The molecule has 6 heteroatoms. The summed E-state index contributed by atoms with van der Waals surface area (Å²) in [6.07, 6.45) is 2.36. The highest BCUT2D eigenvalue weighted by Crippen LogP contribution is 2.28. The summed E-state index contributed by atoms with van der Waals surface area (Å²) in [5.74, 6) is 1.26. The van der Waals surface area contributed by atoms with E-state index in [1.165, 1.54) is 25.9 Å². The van der Waals surface area contributed by atoms with Gasteiger partial charge in [0, 0.05) is 25.0 Å². The number of rotatable bonds is 3. The molecule has 3 saturated heterocycles. The van der Waals surface area contributed by atoms with E-state index in [9.17, 15) is 4.79 Å². The molecule has 1 aromatic carbocycles. The average molecular weight is 314 g/mol. The molecule has 23 heavy (non-hydrogen) atoms. The summed E-state index contributed by atoms with van der Waals surface area (Å²) in [6, 6.07) is 5.95. The summed E-state index contributed by atoms with van der Waals surface area (Å²) < 4.78 is 7.03. The van der Waals surface area contributed by atoms with Crippen LogP contribution in [-0.4, -0.2) is 53.4 Å². The number of fused-ring (bicyclic) bond motifs is 4. The lowest BCUT2D eigenvalue weighted by Gasteiger charge is -2.44. The Balaban J connectivity index is 1.62. The molecule has 5 rings (SSSR count). The predicted octanol–water partition coefficient (Wildman–Crippen LogP) is 1.41. The quantitative estimate of drug-likeness (QED) is 0.930. The van der Waals surface area contributed by atoms with Crippen molar-refractivity contribution in [2.75, 3.05) is 26.7 Å². The predicted molar refractivity (Wildman–Crippen MR) is 87.7 cm³/mol. The van der Waals surface area contributed by atoms with Crippen LogP contribution in [0.2, 0.25) is 0 Å². The zero-order chi connectivity index (χ0) is 16.0. The first-order valence-corrected chi connectivity index (χ1v) is 8.19. The van der Waals surface area contributed by atoms with Crippen molar-refractivity contribution >= 4 is 16.8 Å². The molecule has 1 atom stereocenters. The van der Waals surface area contributed by atoms with Gasteiger partial charge in [0.05, 0.1) is 12.6 Å². The van der Waals surface area contributed by atoms with Gasteiger partial charge < -0.3 is 15.0 Å². The molecule has 0 aliphatic carbocycles. The number of methoxy groups -OCH3 is 1. The molecule has 4 heterocycles. The number of aryl methyl sites for hydroxylation is 1. The molecular weight excluding hydrogens is 292 g/mol. The number of piperidine rings is 3. The molecule has 6 nitrogen and oxygen atoms in total. The van der Waals surface area contributed by atoms with Gasteiger partial charge in [-0.1, -0.05) is 0 Å². The molecule has 2 aromatic rings. The van der Waals surface area contributed by atoms with E-state index in [4.69, 9.17) is 4.74 Å². The van der Waals surface area contributed by atoms with Gasteiger partial charge in [-0.2, -0.15) is 5.10 Å². The number of nitrogens with zero attached hydrogens (tertiary/aromatic N) is 3. The van der Waals surface area contributed by atoms with Crippen molar-refractivity contribution in [1.29, 1.82) is 0 Å². The van der Waals surface area contributed by atoms with Crippen molar-refractivity contribution in [2.45, 2.75) is 18.9 Å². The van der Waals surface area contributed by atoms with Gasteiger partial charge in [-0.05, 0) is 50.0 Å². The molecule has 0 spiro atoms. The lowest BCUT2D eigenvalue weighted by Crippen LogP contribution is -2.57. The van der Waals surface area contributed by atoms with Crippen LogP contribution in [0.4, 0.5) is 0 Å². The molecule has 1 N–H and O–H groups in total. The van der Waals surface area contributed by atoms with Crippen LogP contribution in [0.15, 0.2) is 18.2 Å². The van der Waals surface area contributed by atoms with Crippen LogP contribution in [-0.2, 0) is 7.05 Å². The number of carbonyl (C=O) groups excluding carboxylic acids is 1. The van der Waals surface area contributed by atoms with Crippen molar-refractivity contribution in [3.63, 3.8) is 0 Å². The van der Waals surface area contributed by atoms with Gasteiger partial charge in [0.2, 0.25) is 0 Å². The monoisotopic (exact) mass is 314 g/mol. The normalized spacial score (nSPS) is 26.4. The number of hydrogen-bond acceptors (Lipinski definition) is 4. The first-order valence-electron chi connectivity index (χ1n) is 8.19. The molecule has 122 valence electrons. The van der Waals surface area contributed by atoms with Crippen LogP contribution in [0.1, 0.15) is 23.3 Å². The Labute approximate surface area is 135 Å². The summed E-state index contributed by atoms with van der Waals surface area (Å²) in [6.45, 7) is 3.30. The number of amides is 1. The van der Waals surface area contributed by atoms with E-state index in [0.29, 0.717) is 11.6 Å². The second kappa shape index (κ2) is 5.53. The molecule has 3 aliphatic heterocycles. The Morgan fingerprint density at radius 3 is 2.78 bits per heavy atom. The van der Waals surface area contributed by atoms with E-state index < -0.39 is 0 Å². The molecule has 1 aromatic heterocycles. The fourth-order valence-electron chi connectivity index (χ4n) is 3.90. The summed E-state index contributed by atoms with van der Waals surface area (Å²) in [5.41, 5.74) is 1.42. The van der Waals surface area contributed by atoms with Gasteiger partial charge in [-0.25, -0.2) is 0 Å². The van der Waals surface area contributed by atoms with Crippen LogP contribution in [0.3, 0.4) is 0 Å². The van der Waals surface area contributed by atoms with E-state index in [1.54, 1.807) is 11.8 Å². The Hall–Kier alpha value is -2.08. The van der Waals surface area contributed by atoms with Crippen LogP contribution in [0.5, 0.6) is 5.75 Å². The standard InChI is InChI=1S/C17H22N4O2/c1-20-15-4-3-12(23-2)9-13(15)16(19-20)17(22)18-14-10-21-7-5-11(14)6-8-21/h3-4,9,11,14H,5-8,10H2,1-2H3,(H,18,22)/t14-/m1/s1. The Bertz CT molecular complexity index is 746. The second-order valence-corrected chi connectivity index (χ2v) is 6.57. The van der Waals surface area contributed by atoms with Gasteiger partial charge in [-0.15, -0.1) is 0 Å². The largest absolute Gasteiger partial charge is 0.497 e. The van der Waals surface area contributed by atoms with Crippen LogP contribution in [0.25, 0.3) is 10.9 Å². The van der Waals surface area contributed by atoms with Gasteiger partial charge in [-0.3, -0.25) is 9.48 Å². The third-order valence-corrected chi connectivity index (χ3v) is 5.25. The molecular formula is C17H22N4O2. The minimum Gasteiger partial charge on any atom is -0.497 e. The van der Waals surface area contributed by atoms with E-state index in [0.717, 1.165) is 23.2 Å². The lowest BCUT2D eigenvalue weighted by atomic mass is 9.84. The van der Waals surface area contributed by atoms with E-state index in [2.05, 4.69) is 15.3 Å². The minimum absolute atomic E-state index is 0.0809. The summed E-state index contributed by atoms with van der Waals surface area (Å²) in [4.78, 5) is 15.2. The summed E-state index contributed by atoms with van der Waals surface area (Å²) in [5, 5.41) is 8.48. The van der Waals surface area contributed by atoms with E-state index in [1.807, 2.05) is 25.2 Å². The van der Waals surface area contributed by atoms with Crippen LogP contribution >= 0.6 is 0 Å². The molecule has 0 saturated carbocycles. The fourth-order valence-corrected chi connectivity index (χ4v) is 3.90. The number of hydrogen-bond donors (Lipinski definition) is 1. The Morgan fingerprint density at radius 1 is 1.35 bits per heavy atom.